The second-order valence-corrected chi connectivity index (χ2v) is 8.61. The third kappa shape index (κ3) is 5.72. The predicted octanol–water partition coefficient (Wildman–Crippen LogP) is 4.26. The molecule has 0 aliphatic heterocycles. The van der Waals surface area contributed by atoms with Gasteiger partial charge in [-0.2, -0.15) is 0 Å². The van der Waals surface area contributed by atoms with Gasteiger partial charge in [-0.3, -0.25) is 9.59 Å². The van der Waals surface area contributed by atoms with E-state index in [2.05, 4.69) is 29.6 Å². The van der Waals surface area contributed by atoms with Gasteiger partial charge in [-0.15, -0.1) is 0 Å². The first kappa shape index (κ1) is 24.3. The molecule has 0 fully saturated rings. The molecule has 1 aliphatic carbocycles. The number of hydrogen-bond donors (Lipinski definition) is 2. The van der Waals surface area contributed by atoms with Crippen LogP contribution in [0.25, 0.3) is 11.1 Å². The third-order valence-electron chi connectivity index (χ3n) is 6.06. The first-order valence-corrected chi connectivity index (χ1v) is 11.5. The van der Waals surface area contributed by atoms with Gasteiger partial charge in [-0.05, 0) is 41.5 Å². The number of likely N-dealkylation sites (N-methyl/N-ethyl adjacent to an activating group) is 1. The third-order valence-corrected chi connectivity index (χ3v) is 6.06. The maximum absolute atomic E-state index is 13.0. The number of amides is 2. The van der Waals surface area contributed by atoms with E-state index in [1.807, 2.05) is 45.0 Å². The van der Waals surface area contributed by atoms with Crippen molar-refractivity contribution in [1.82, 2.24) is 10.2 Å². The number of carbonyl (C=O) groups excluding carboxylic acids is 2. The number of rotatable bonds is 10. The molecule has 1 aliphatic rings. The van der Waals surface area contributed by atoms with Crippen LogP contribution >= 0.6 is 0 Å². The maximum Gasteiger partial charge on any atom is 0.407 e. The Balaban J connectivity index is 1.64. The van der Waals surface area contributed by atoms with Gasteiger partial charge in [0.1, 0.15) is 12.6 Å². The Kier molecular flexibility index (Phi) is 8.09. The van der Waals surface area contributed by atoms with Crippen LogP contribution < -0.4 is 5.32 Å². The highest BCUT2D eigenvalue weighted by Gasteiger charge is 2.31. The highest BCUT2D eigenvalue weighted by atomic mass is 16.5. The summed E-state index contributed by atoms with van der Waals surface area (Å²) in [4.78, 5) is 38.1. The summed E-state index contributed by atoms with van der Waals surface area (Å²) in [6, 6.07) is 15.5. The summed E-state index contributed by atoms with van der Waals surface area (Å²) in [5, 5.41) is 11.6. The fraction of sp³-hybridized carbons (Fsp3) is 0.423. The van der Waals surface area contributed by atoms with Crippen molar-refractivity contribution in [1.29, 1.82) is 0 Å². The number of alkyl carbamates (subject to hydrolysis) is 1. The van der Waals surface area contributed by atoms with Crippen molar-refractivity contribution < 1.29 is 24.2 Å². The molecule has 2 N–H and O–H groups in total. The van der Waals surface area contributed by atoms with Gasteiger partial charge in [0.2, 0.25) is 5.91 Å². The van der Waals surface area contributed by atoms with Crippen LogP contribution in [-0.4, -0.2) is 53.7 Å². The lowest BCUT2D eigenvalue weighted by molar-refractivity contribution is -0.138. The second kappa shape index (κ2) is 11.0. The number of nitrogens with one attached hydrogen (secondary N) is 1. The Morgan fingerprint density at radius 1 is 1.03 bits per heavy atom. The standard InChI is InChI=1S/C26H32N2O5/c1-4-28(15-9-14-23(29)30)25(31)24(17(2)3)27-26(32)33-16-22-20-12-7-5-10-18(20)19-11-6-8-13-21(19)22/h5-8,10-13,17,22,24H,4,9,14-16H2,1-3H3,(H,27,32)(H,29,30). The molecule has 2 amide bonds. The van der Waals surface area contributed by atoms with Crippen molar-refractivity contribution in [3.05, 3.63) is 59.7 Å². The monoisotopic (exact) mass is 452 g/mol. The zero-order valence-electron chi connectivity index (χ0n) is 19.4. The van der Waals surface area contributed by atoms with E-state index in [9.17, 15) is 14.4 Å². The molecule has 2 aromatic rings. The van der Waals surface area contributed by atoms with E-state index in [1.165, 1.54) is 0 Å². The van der Waals surface area contributed by atoms with Crippen LogP contribution in [0, 0.1) is 5.92 Å². The van der Waals surface area contributed by atoms with Gasteiger partial charge in [0, 0.05) is 25.4 Å². The number of hydrogen-bond acceptors (Lipinski definition) is 4. The Labute approximate surface area is 194 Å². The molecular formula is C26H32N2O5. The molecule has 0 spiro atoms. The lowest BCUT2D eigenvalue weighted by Crippen LogP contribution is -2.51. The largest absolute Gasteiger partial charge is 0.481 e. The molecule has 0 saturated heterocycles. The van der Waals surface area contributed by atoms with Gasteiger partial charge in [0.25, 0.3) is 0 Å². The fourth-order valence-corrected chi connectivity index (χ4v) is 4.32. The van der Waals surface area contributed by atoms with E-state index in [4.69, 9.17) is 9.84 Å². The lowest BCUT2D eigenvalue weighted by Gasteiger charge is -2.29. The molecule has 0 aromatic heterocycles. The summed E-state index contributed by atoms with van der Waals surface area (Å²) in [5.41, 5.74) is 4.55. The molecule has 0 saturated carbocycles. The topological polar surface area (TPSA) is 95.9 Å². The van der Waals surface area contributed by atoms with Crippen LogP contribution in [0.3, 0.4) is 0 Å². The minimum absolute atomic E-state index is 0.00404. The van der Waals surface area contributed by atoms with E-state index in [1.54, 1.807) is 4.90 Å². The molecule has 1 unspecified atom stereocenters. The minimum Gasteiger partial charge on any atom is -0.481 e. The average molecular weight is 453 g/mol. The summed E-state index contributed by atoms with van der Waals surface area (Å²) < 4.78 is 5.60. The SMILES string of the molecule is CCN(CCCC(=O)O)C(=O)C(NC(=O)OCC1c2ccccc2-c2ccccc21)C(C)C. The van der Waals surface area contributed by atoms with Crippen LogP contribution in [0.2, 0.25) is 0 Å². The van der Waals surface area contributed by atoms with Gasteiger partial charge in [-0.25, -0.2) is 4.79 Å². The minimum atomic E-state index is -0.893. The van der Waals surface area contributed by atoms with Gasteiger partial charge in [0.05, 0.1) is 0 Å². The molecule has 0 heterocycles. The summed E-state index contributed by atoms with van der Waals surface area (Å²) in [5.74, 6) is -1.33. The first-order chi connectivity index (χ1) is 15.8. The van der Waals surface area contributed by atoms with Crippen molar-refractivity contribution in [2.75, 3.05) is 19.7 Å². The zero-order chi connectivity index (χ0) is 24.0. The molecule has 7 nitrogen and oxygen atoms in total. The number of carboxylic acids is 1. The Morgan fingerprint density at radius 2 is 1.61 bits per heavy atom. The normalized spacial score (nSPS) is 13.2. The number of nitrogens with zero attached hydrogens (tertiary/aromatic N) is 1. The molecule has 33 heavy (non-hydrogen) atoms. The van der Waals surface area contributed by atoms with E-state index in [-0.39, 0.29) is 30.8 Å². The maximum atomic E-state index is 13.0. The smallest absolute Gasteiger partial charge is 0.407 e. The molecule has 3 rings (SSSR count). The highest BCUT2D eigenvalue weighted by Crippen LogP contribution is 2.44. The van der Waals surface area contributed by atoms with Crippen LogP contribution in [0.5, 0.6) is 0 Å². The molecule has 7 heteroatoms. The second-order valence-electron chi connectivity index (χ2n) is 8.61. The van der Waals surface area contributed by atoms with E-state index in [0.29, 0.717) is 19.5 Å². The molecule has 176 valence electrons. The predicted molar refractivity (Wildman–Crippen MR) is 126 cm³/mol. The first-order valence-electron chi connectivity index (χ1n) is 11.5. The molecule has 0 bridgehead atoms. The van der Waals surface area contributed by atoms with Gasteiger partial charge in [-0.1, -0.05) is 62.4 Å². The summed E-state index contributed by atoms with van der Waals surface area (Å²) in [6.45, 7) is 6.50. The van der Waals surface area contributed by atoms with Crippen LogP contribution in [0.4, 0.5) is 4.79 Å². The summed E-state index contributed by atoms with van der Waals surface area (Å²) in [6.07, 6.45) is -0.272. The van der Waals surface area contributed by atoms with Crippen LogP contribution in [0.15, 0.2) is 48.5 Å². The van der Waals surface area contributed by atoms with Gasteiger partial charge in [0.15, 0.2) is 0 Å². The number of carbonyl (C=O) groups is 3. The van der Waals surface area contributed by atoms with Crippen molar-refractivity contribution in [3.8, 4) is 11.1 Å². The van der Waals surface area contributed by atoms with Crippen molar-refractivity contribution in [2.24, 2.45) is 5.92 Å². The Morgan fingerprint density at radius 3 is 2.12 bits per heavy atom. The number of fused-ring (bicyclic) bond motifs is 3. The average Bonchev–Trinajstić information content (AvgIpc) is 3.12. The Hall–Kier alpha value is -3.35. The van der Waals surface area contributed by atoms with Crippen LogP contribution in [0.1, 0.15) is 50.7 Å². The number of aliphatic carboxylic acids is 1. The van der Waals surface area contributed by atoms with Gasteiger partial charge < -0.3 is 20.1 Å². The summed E-state index contributed by atoms with van der Waals surface area (Å²) >= 11 is 0. The molecule has 1 atom stereocenters. The Bertz CT molecular complexity index is 958. The summed E-state index contributed by atoms with van der Waals surface area (Å²) in [7, 11) is 0. The molecular weight excluding hydrogens is 420 g/mol. The zero-order valence-corrected chi connectivity index (χ0v) is 19.4. The van der Waals surface area contributed by atoms with E-state index >= 15 is 0 Å². The number of ether oxygens (including phenoxy) is 1. The van der Waals surface area contributed by atoms with E-state index in [0.717, 1.165) is 22.3 Å². The van der Waals surface area contributed by atoms with Crippen molar-refractivity contribution >= 4 is 18.0 Å². The molecule has 0 radical (unpaired) electrons. The number of benzene rings is 2. The van der Waals surface area contributed by atoms with Gasteiger partial charge >= 0.3 is 12.1 Å². The molecule has 2 aromatic carbocycles. The quantitative estimate of drug-likeness (QED) is 0.561. The highest BCUT2D eigenvalue weighted by molar-refractivity contribution is 5.86. The fourth-order valence-electron chi connectivity index (χ4n) is 4.32. The lowest BCUT2D eigenvalue weighted by atomic mass is 9.98. The van der Waals surface area contributed by atoms with E-state index < -0.39 is 18.1 Å². The van der Waals surface area contributed by atoms with Crippen molar-refractivity contribution in [3.63, 3.8) is 0 Å². The number of carboxylic acid groups (broad SMARTS) is 1. The van der Waals surface area contributed by atoms with Crippen LogP contribution in [-0.2, 0) is 14.3 Å². The van der Waals surface area contributed by atoms with Crippen molar-refractivity contribution in [2.45, 2.75) is 45.6 Å².